The summed E-state index contributed by atoms with van der Waals surface area (Å²) in [4.78, 5) is 23.3. The van der Waals surface area contributed by atoms with E-state index in [1.165, 1.54) is 0 Å². The minimum atomic E-state index is -0.912. The average Bonchev–Trinajstić information content (AvgIpc) is 2.28. The summed E-state index contributed by atoms with van der Waals surface area (Å²) in [6.07, 6.45) is 1.79. The van der Waals surface area contributed by atoms with Gasteiger partial charge in [0, 0.05) is 10.6 Å². The number of amides is 2. The molecule has 0 saturated heterocycles. The van der Waals surface area contributed by atoms with Crippen LogP contribution < -0.4 is 16.8 Å². The number of carbonyl (C=O) groups is 2. The molecular weight excluding hydrogens is 238 g/mol. The molecule has 0 saturated carbocycles. The first-order valence-corrected chi connectivity index (χ1v) is 6.24. The number of anilines is 1. The van der Waals surface area contributed by atoms with Gasteiger partial charge in [-0.15, -0.1) is 11.8 Å². The summed E-state index contributed by atoms with van der Waals surface area (Å²) in [5.41, 5.74) is 11.1. The highest BCUT2D eigenvalue weighted by Gasteiger charge is 2.15. The van der Waals surface area contributed by atoms with E-state index in [2.05, 4.69) is 5.32 Å². The van der Waals surface area contributed by atoms with E-state index in [-0.39, 0.29) is 6.42 Å². The van der Waals surface area contributed by atoms with E-state index in [9.17, 15) is 9.59 Å². The van der Waals surface area contributed by atoms with Gasteiger partial charge < -0.3 is 16.8 Å². The van der Waals surface area contributed by atoms with Gasteiger partial charge in [-0.2, -0.15) is 0 Å². The molecule has 0 bridgehead atoms. The molecule has 5 N–H and O–H groups in total. The van der Waals surface area contributed by atoms with Crippen LogP contribution in [-0.4, -0.2) is 24.1 Å². The van der Waals surface area contributed by atoms with Crippen LogP contribution in [0.5, 0.6) is 0 Å². The number of benzene rings is 1. The molecule has 0 heterocycles. The van der Waals surface area contributed by atoms with Crippen molar-refractivity contribution in [3.8, 4) is 0 Å². The Bertz CT molecular complexity index is 423. The van der Waals surface area contributed by atoms with Crippen molar-refractivity contribution in [3.63, 3.8) is 0 Å². The quantitative estimate of drug-likeness (QED) is 0.667. The van der Waals surface area contributed by atoms with Crippen LogP contribution in [0.3, 0.4) is 0 Å². The molecule has 1 rings (SSSR count). The van der Waals surface area contributed by atoms with Gasteiger partial charge >= 0.3 is 0 Å². The SMILES string of the molecule is CSc1cccc(NC(=O)C(N)CC(N)=O)c1. The van der Waals surface area contributed by atoms with E-state index in [0.29, 0.717) is 5.69 Å². The van der Waals surface area contributed by atoms with Crippen LogP contribution in [0.25, 0.3) is 0 Å². The highest BCUT2D eigenvalue weighted by Crippen LogP contribution is 2.18. The van der Waals surface area contributed by atoms with Gasteiger partial charge in [-0.1, -0.05) is 6.07 Å². The number of thioether (sulfide) groups is 1. The predicted molar refractivity (Wildman–Crippen MR) is 68.6 cm³/mol. The van der Waals surface area contributed by atoms with E-state index in [1.54, 1.807) is 17.8 Å². The molecular formula is C11H15N3O2S. The molecule has 92 valence electrons. The summed E-state index contributed by atoms with van der Waals surface area (Å²) < 4.78 is 0. The fourth-order valence-corrected chi connectivity index (χ4v) is 1.70. The smallest absolute Gasteiger partial charge is 0.241 e. The van der Waals surface area contributed by atoms with E-state index in [1.807, 2.05) is 24.5 Å². The predicted octanol–water partition coefficient (Wildman–Crippen LogP) is 0.550. The van der Waals surface area contributed by atoms with Crippen LogP contribution in [0.15, 0.2) is 29.2 Å². The molecule has 0 spiro atoms. The summed E-state index contributed by atoms with van der Waals surface area (Å²) in [6, 6.07) is 6.45. The van der Waals surface area contributed by atoms with Gasteiger partial charge in [0.15, 0.2) is 0 Å². The van der Waals surface area contributed by atoms with Crippen molar-refractivity contribution < 1.29 is 9.59 Å². The molecule has 1 aromatic carbocycles. The maximum atomic E-state index is 11.6. The zero-order valence-electron chi connectivity index (χ0n) is 9.47. The van der Waals surface area contributed by atoms with Gasteiger partial charge in [0.05, 0.1) is 12.5 Å². The lowest BCUT2D eigenvalue weighted by molar-refractivity contribution is -0.123. The third kappa shape index (κ3) is 4.46. The Hall–Kier alpha value is -1.53. The zero-order chi connectivity index (χ0) is 12.8. The van der Waals surface area contributed by atoms with Gasteiger partial charge in [0.1, 0.15) is 0 Å². The summed E-state index contributed by atoms with van der Waals surface area (Å²) >= 11 is 1.57. The van der Waals surface area contributed by atoms with Crippen LogP contribution in [0.4, 0.5) is 5.69 Å². The normalized spacial score (nSPS) is 11.9. The number of primary amides is 1. The van der Waals surface area contributed by atoms with Gasteiger partial charge in [-0.05, 0) is 24.5 Å². The first-order chi connectivity index (χ1) is 8.02. The van der Waals surface area contributed by atoms with Gasteiger partial charge in [0.2, 0.25) is 11.8 Å². The summed E-state index contributed by atoms with van der Waals surface area (Å²) in [6.45, 7) is 0. The summed E-state index contributed by atoms with van der Waals surface area (Å²) in [5, 5.41) is 2.64. The standard InChI is InChI=1S/C11H15N3O2S/c1-17-8-4-2-3-7(5-8)14-11(16)9(12)6-10(13)15/h2-5,9H,6,12H2,1H3,(H2,13,15)(H,14,16). The van der Waals surface area contributed by atoms with E-state index >= 15 is 0 Å². The Morgan fingerprint density at radius 3 is 2.76 bits per heavy atom. The highest BCUT2D eigenvalue weighted by atomic mass is 32.2. The Morgan fingerprint density at radius 1 is 1.47 bits per heavy atom. The van der Waals surface area contributed by atoms with E-state index < -0.39 is 17.9 Å². The molecule has 1 atom stereocenters. The van der Waals surface area contributed by atoms with Crippen molar-refractivity contribution >= 4 is 29.3 Å². The van der Waals surface area contributed by atoms with Crippen molar-refractivity contribution in [2.45, 2.75) is 17.4 Å². The van der Waals surface area contributed by atoms with Crippen LogP contribution in [-0.2, 0) is 9.59 Å². The van der Waals surface area contributed by atoms with Crippen molar-refractivity contribution in [3.05, 3.63) is 24.3 Å². The molecule has 0 radical (unpaired) electrons. The Kier molecular flexibility index (Phi) is 4.99. The van der Waals surface area contributed by atoms with Crippen LogP contribution >= 0.6 is 11.8 Å². The second-order valence-electron chi connectivity index (χ2n) is 3.50. The molecule has 0 aliphatic heterocycles. The molecule has 1 aromatic rings. The number of rotatable bonds is 5. The largest absolute Gasteiger partial charge is 0.370 e. The molecule has 2 amide bonds. The molecule has 17 heavy (non-hydrogen) atoms. The first kappa shape index (κ1) is 13.5. The third-order valence-corrected chi connectivity index (χ3v) is 2.82. The van der Waals surface area contributed by atoms with Gasteiger partial charge in [-0.25, -0.2) is 0 Å². The molecule has 1 unspecified atom stereocenters. The molecule has 0 aliphatic carbocycles. The summed E-state index contributed by atoms with van der Waals surface area (Å²) in [5.74, 6) is -1.01. The monoisotopic (exact) mass is 253 g/mol. The van der Waals surface area contributed by atoms with Gasteiger partial charge in [-0.3, -0.25) is 9.59 Å². The summed E-state index contributed by atoms with van der Waals surface area (Å²) in [7, 11) is 0. The second kappa shape index (κ2) is 6.27. The van der Waals surface area contributed by atoms with E-state index in [4.69, 9.17) is 11.5 Å². The first-order valence-electron chi connectivity index (χ1n) is 5.01. The highest BCUT2D eigenvalue weighted by molar-refractivity contribution is 7.98. The van der Waals surface area contributed by atoms with Gasteiger partial charge in [0.25, 0.3) is 0 Å². The fourth-order valence-electron chi connectivity index (χ4n) is 1.25. The number of nitrogens with two attached hydrogens (primary N) is 2. The van der Waals surface area contributed by atoms with Crippen molar-refractivity contribution in [2.75, 3.05) is 11.6 Å². The maximum absolute atomic E-state index is 11.6. The lowest BCUT2D eigenvalue weighted by Crippen LogP contribution is -2.38. The van der Waals surface area contributed by atoms with Crippen LogP contribution in [0, 0.1) is 0 Å². The Labute approximate surface area is 104 Å². The topological polar surface area (TPSA) is 98.2 Å². The van der Waals surface area contributed by atoms with E-state index in [0.717, 1.165) is 4.90 Å². The minimum absolute atomic E-state index is 0.159. The molecule has 6 heteroatoms. The molecule has 0 aromatic heterocycles. The zero-order valence-corrected chi connectivity index (χ0v) is 10.3. The third-order valence-electron chi connectivity index (χ3n) is 2.10. The maximum Gasteiger partial charge on any atom is 0.241 e. The number of nitrogens with one attached hydrogen (secondary N) is 1. The Morgan fingerprint density at radius 2 is 2.18 bits per heavy atom. The Balaban J connectivity index is 2.64. The molecule has 0 aliphatic rings. The van der Waals surface area contributed by atoms with Crippen LogP contribution in [0.2, 0.25) is 0 Å². The number of hydrogen-bond donors (Lipinski definition) is 3. The minimum Gasteiger partial charge on any atom is -0.370 e. The fraction of sp³-hybridized carbons (Fsp3) is 0.273. The number of hydrogen-bond acceptors (Lipinski definition) is 4. The molecule has 0 fully saturated rings. The molecule has 5 nitrogen and oxygen atoms in total. The van der Waals surface area contributed by atoms with Crippen molar-refractivity contribution in [1.82, 2.24) is 0 Å². The second-order valence-corrected chi connectivity index (χ2v) is 4.38. The lowest BCUT2D eigenvalue weighted by Gasteiger charge is -2.11. The van der Waals surface area contributed by atoms with Crippen molar-refractivity contribution in [1.29, 1.82) is 0 Å². The average molecular weight is 253 g/mol. The number of carbonyl (C=O) groups excluding carboxylic acids is 2. The lowest BCUT2D eigenvalue weighted by atomic mass is 10.2. The van der Waals surface area contributed by atoms with Crippen molar-refractivity contribution in [2.24, 2.45) is 11.5 Å². The van der Waals surface area contributed by atoms with Crippen LogP contribution in [0.1, 0.15) is 6.42 Å².